The Hall–Kier alpha value is -3.25. The Bertz CT molecular complexity index is 946. The van der Waals surface area contributed by atoms with E-state index in [-0.39, 0.29) is 17.5 Å². The van der Waals surface area contributed by atoms with Crippen molar-refractivity contribution in [1.82, 2.24) is 15.3 Å². The number of benzene rings is 1. The molecule has 0 radical (unpaired) electrons. The molecular weight excluding hydrogens is 387 g/mol. The molecule has 0 spiro atoms. The summed E-state index contributed by atoms with van der Waals surface area (Å²) in [5.74, 6) is 0.145. The maximum atomic E-state index is 13.6. The van der Waals surface area contributed by atoms with Gasteiger partial charge in [-0.3, -0.25) is 4.79 Å². The largest absolute Gasteiger partial charge is 0.387 e. The number of amides is 1. The Morgan fingerprint density at radius 2 is 2.23 bits per heavy atom. The van der Waals surface area contributed by atoms with Gasteiger partial charge in [0.05, 0.1) is 5.56 Å². The number of aromatic nitrogens is 2. The molecule has 1 unspecified atom stereocenters. The number of anilines is 3. The average molecular weight is 412 g/mol. The van der Waals surface area contributed by atoms with Crippen LogP contribution in [0.2, 0.25) is 0 Å². The molecule has 1 aromatic heterocycles. The van der Waals surface area contributed by atoms with Crippen LogP contribution in [0.4, 0.5) is 21.8 Å². The van der Waals surface area contributed by atoms with E-state index in [1.54, 1.807) is 0 Å². The van der Waals surface area contributed by atoms with Crippen LogP contribution in [0.25, 0.3) is 0 Å². The molecule has 1 aliphatic rings. The number of piperidine rings is 1. The van der Waals surface area contributed by atoms with Crippen molar-refractivity contribution in [2.24, 2.45) is 0 Å². The highest BCUT2D eigenvalue weighted by atomic mass is 19.1. The molecule has 2 heterocycles. The van der Waals surface area contributed by atoms with E-state index in [1.165, 1.54) is 18.2 Å². The molecule has 2 aromatic rings. The van der Waals surface area contributed by atoms with Crippen LogP contribution in [-0.4, -0.2) is 46.7 Å². The zero-order valence-corrected chi connectivity index (χ0v) is 16.9. The monoisotopic (exact) mass is 412 g/mol. The normalized spacial score (nSPS) is 16.1. The van der Waals surface area contributed by atoms with Gasteiger partial charge in [-0.25, -0.2) is 9.37 Å². The number of nitriles is 1. The van der Waals surface area contributed by atoms with Gasteiger partial charge < -0.3 is 20.6 Å². The first-order chi connectivity index (χ1) is 14.5. The predicted molar refractivity (Wildman–Crippen MR) is 111 cm³/mol. The van der Waals surface area contributed by atoms with E-state index in [9.17, 15) is 9.18 Å². The number of hydrogen-bond donors (Lipinski definition) is 3. The van der Waals surface area contributed by atoms with E-state index in [1.807, 2.05) is 12.1 Å². The molecule has 158 valence electrons. The Kier molecular flexibility index (Phi) is 7.14. The van der Waals surface area contributed by atoms with E-state index in [2.05, 4.69) is 32.4 Å². The van der Waals surface area contributed by atoms with Gasteiger partial charge in [-0.15, -0.1) is 0 Å². The number of aliphatic hydroxyl groups is 1. The Labute approximate surface area is 174 Å². The topological polar surface area (TPSA) is 114 Å². The summed E-state index contributed by atoms with van der Waals surface area (Å²) in [7, 11) is 0. The lowest BCUT2D eigenvalue weighted by Crippen LogP contribution is -2.48. The predicted octanol–water partition coefficient (Wildman–Crippen LogP) is 2.26. The highest BCUT2D eigenvalue weighted by Crippen LogP contribution is 2.23. The van der Waals surface area contributed by atoms with E-state index in [0.717, 1.165) is 43.7 Å². The minimum absolute atomic E-state index is 0.0524. The maximum Gasteiger partial charge on any atom is 0.245 e. The summed E-state index contributed by atoms with van der Waals surface area (Å²) < 4.78 is 13.6. The molecule has 1 saturated heterocycles. The molecule has 30 heavy (non-hydrogen) atoms. The zero-order chi connectivity index (χ0) is 21.5. The molecule has 1 aromatic carbocycles. The van der Waals surface area contributed by atoms with Crippen molar-refractivity contribution >= 4 is 23.4 Å². The standard InChI is InChI=1S/C21H25FN6O2/c1-2-4-15-10-19(28-8-3-5-17(12-28)24-20(30)13-29)27-21(25-15)26-16-6-7-18(22)14(9-16)11-23/h6-7,9-10,17,29H,2-5,8,12-13H2,1H3,(H,24,30)(H,25,26,27). The third-order valence-corrected chi connectivity index (χ3v) is 4.87. The molecule has 1 amide bonds. The van der Waals surface area contributed by atoms with Crippen molar-refractivity contribution < 1.29 is 14.3 Å². The van der Waals surface area contributed by atoms with Gasteiger partial charge in [0, 0.05) is 36.6 Å². The van der Waals surface area contributed by atoms with Gasteiger partial charge in [-0.1, -0.05) is 13.3 Å². The molecule has 0 bridgehead atoms. The summed E-state index contributed by atoms with van der Waals surface area (Å²) in [5.41, 5.74) is 1.34. The third kappa shape index (κ3) is 5.42. The second-order valence-electron chi connectivity index (χ2n) is 7.23. The first kappa shape index (κ1) is 21.5. The van der Waals surface area contributed by atoms with Crippen LogP contribution in [0.1, 0.15) is 37.4 Å². The van der Waals surface area contributed by atoms with E-state index < -0.39 is 12.4 Å². The Morgan fingerprint density at radius 3 is 2.97 bits per heavy atom. The Morgan fingerprint density at radius 1 is 1.40 bits per heavy atom. The third-order valence-electron chi connectivity index (χ3n) is 4.87. The second-order valence-corrected chi connectivity index (χ2v) is 7.23. The lowest BCUT2D eigenvalue weighted by molar-refractivity contribution is -0.124. The molecule has 1 aliphatic heterocycles. The molecule has 9 heteroatoms. The van der Waals surface area contributed by atoms with Crippen LogP contribution >= 0.6 is 0 Å². The molecule has 1 fully saturated rings. The highest BCUT2D eigenvalue weighted by Gasteiger charge is 2.23. The number of carbonyl (C=O) groups is 1. The van der Waals surface area contributed by atoms with Gasteiger partial charge >= 0.3 is 0 Å². The second kappa shape index (κ2) is 9.98. The van der Waals surface area contributed by atoms with Crippen molar-refractivity contribution in [2.75, 3.05) is 29.9 Å². The van der Waals surface area contributed by atoms with Crippen LogP contribution in [-0.2, 0) is 11.2 Å². The molecular formula is C21H25FN6O2. The minimum atomic E-state index is -0.575. The lowest BCUT2D eigenvalue weighted by Gasteiger charge is -2.34. The SMILES string of the molecule is CCCc1cc(N2CCCC(NC(=O)CO)C2)nc(Nc2ccc(F)c(C#N)c2)n1. The lowest BCUT2D eigenvalue weighted by atomic mass is 10.1. The summed E-state index contributed by atoms with van der Waals surface area (Å²) in [5, 5.41) is 23.9. The molecule has 8 nitrogen and oxygen atoms in total. The fourth-order valence-corrected chi connectivity index (χ4v) is 3.48. The number of nitrogens with one attached hydrogen (secondary N) is 2. The van der Waals surface area contributed by atoms with Crippen molar-refractivity contribution in [3.05, 3.63) is 41.3 Å². The van der Waals surface area contributed by atoms with E-state index in [4.69, 9.17) is 10.4 Å². The summed E-state index contributed by atoms with van der Waals surface area (Å²) in [6.45, 7) is 2.92. The first-order valence-electron chi connectivity index (χ1n) is 10.0. The van der Waals surface area contributed by atoms with E-state index >= 15 is 0 Å². The number of aliphatic hydroxyl groups excluding tert-OH is 1. The van der Waals surface area contributed by atoms with Crippen LogP contribution in [0, 0.1) is 17.1 Å². The van der Waals surface area contributed by atoms with E-state index in [0.29, 0.717) is 18.2 Å². The van der Waals surface area contributed by atoms with Gasteiger partial charge in [0.15, 0.2) is 0 Å². The van der Waals surface area contributed by atoms with Crippen molar-refractivity contribution in [1.29, 1.82) is 5.26 Å². The molecule has 0 aliphatic carbocycles. The molecule has 0 saturated carbocycles. The summed E-state index contributed by atoms with van der Waals surface area (Å²) >= 11 is 0. The quantitative estimate of drug-likeness (QED) is 0.639. The van der Waals surface area contributed by atoms with Crippen molar-refractivity contribution in [2.45, 2.75) is 38.6 Å². The fourth-order valence-electron chi connectivity index (χ4n) is 3.48. The highest BCUT2D eigenvalue weighted by molar-refractivity contribution is 5.77. The van der Waals surface area contributed by atoms with Gasteiger partial charge in [-0.05, 0) is 37.5 Å². The molecule has 3 rings (SSSR count). The Balaban J connectivity index is 1.84. The zero-order valence-electron chi connectivity index (χ0n) is 16.9. The fraction of sp³-hybridized carbons (Fsp3) is 0.429. The average Bonchev–Trinajstić information content (AvgIpc) is 2.75. The number of carbonyl (C=O) groups excluding carboxylic acids is 1. The number of hydrogen-bond acceptors (Lipinski definition) is 7. The molecule has 1 atom stereocenters. The molecule has 3 N–H and O–H groups in total. The number of rotatable bonds is 7. The minimum Gasteiger partial charge on any atom is -0.387 e. The van der Waals surface area contributed by atoms with Crippen LogP contribution in [0.3, 0.4) is 0 Å². The summed E-state index contributed by atoms with van der Waals surface area (Å²) in [6.07, 6.45) is 3.41. The summed E-state index contributed by atoms with van der Waals surface area (Å²) in [4.78, 5) is 22.8. The van der Waals surface area contributed by atoms with Gasteiger partial charge in [0.2, 0.25) is 11.9 Å². The van der Waals surface area contributed by atoms with Crippen LogP contribution in [0.5, 0.6) is 0 Å². The van der Waals surface area contributed by atoms with Gasteiger partial charge in [0.1, 0.15) is 24.3 Å². The van der Waals surface area contributed by atoms with Gasteiger partial charge in [-0.2, -0.15) is 10.2 Å². The number of halogens is 1. The summed E-state index contributed by atoms with van der Waals surface area (Å²) in [6, 6.07) is 7.90. The van der Waals surface area contributed by atoms with Crippen molar-refractivity contribution in [3.8, 4) is 6.07 Å². The van der Waals surface area contributed by atoms with Crippen LogP contribution < -0.4 is 15.5 Å². The maximum absolute atomic E-state index is 13.6. The van der Waals surface area contributed by atoms with Crippen LogP contribution in [0.15, 0.2) is 24.3 Å². The van der Waals surface area contributed by atoms with Crippen molar-refractivity contribution in [3.63, 3.8) is 0 Å². The number of nitrogens with zero attached hydrogens (tertiary/aromatic N) is 4. The number of aryl methyl sites for hydroxylation is 1. The first-order valence-corrected chi connectivity index (χ1v) is 10.0. The van der Waals surface area contributed by atoms with Gasteiger partial charge in [0.25, 0.3) is 0 Å². The smallest absolute Gasteiger partial charge is 0.245 e.